The molecular formula is C41H82N2O6P+. The molecule has 0 fully saturated rings. The molecule has 9 heteroatoms. The molecule has 0 heterocycles. The number of amides is 1. The second-order valence-corrected chi connectivity index (χ2v) is 16.8. The third kappa shape index (κ3) is 35.4. The summed E-state index contributed by atoms with van der Waals surface area (Å²) in [6.45, 7) is 4.78. The normalized spacial score (nSPS) is 14.8. The summed E-state index contributed by atoms with van der Waals surface area (Å²) in [6, 6.07) is -0.843. The van der Waals surface area contributed by atoms with Gasteiger partial charge in [0, 0.05) is 6.42 Å². The summed E-state index contributed by atoms with van der Waals surface area (Å²) in [7, 11) is 1.57. The van der Waals surface area contributed by atoms with Gasteiger partial charge in [0.15, 0.2) is 0 Å². The topological polar surface area (TPSA) is 105 Å². The Kier molecular flexibility index (Phi) is 33.1. The lowest BCUT2D eigenvalue weighted by Gasteiger charge is -2.25. The molecule has 8 nitrogen and oxygen atoms in total. The number of aliphatic hydroxyl groups is 1. The fraction of sp³-hybridized carbons (Fsp3) is 0.878. The molecule has 0 spiro atoms. The van der Waals surface area contributed by atoms with Crippen molar-refractivity contribution in [2.75, 3.05) is 40.9 Å². The molecule has 0 saturated carbocycles. The molecule has 0 aliphatic carbocycles. The summed E-state index contributed by atoms with van der Waals surface area (Å²) >= 11 is 0. The van der Waals surface area contributed by atoms with Crippen molar-refractivity contribution in [2.24, 2.45) is 0 Å². The van der Waals surface area contributed by atoms with Gasteiger partial charge in [0.2, 0.25) is 5.91 Å². The number of carbonyl (C=O) groups excluding carboxylic acids is 1. The maximum atomic E-state index is 12.8. The van der Waals surface area contributed by atoms with Gasteiger partial charge in [-0.15, -0.1) is 0 Å². The van der Waals surface area contributed by atoms with Crippen molar-refractivity contribution in [2.45, 2.75) is 193 Å². The Labute approximate surface area is 309 Å². The monoisotopic (exact) mass is 730 g/mol. The zero-order valence-corrected chi connectivity index (χ0v) is 34.3. The molecule has 50 heavy (non-hydrogen) atoms. The Morgan fingerprint density at radius 2 is 1.08 bits per heavy atom. The van der Waals surface area contributed by atoms with Crippen LogP contribution in [0.5, 0.6) is 0 Å². The zero-order valence-electron chi connectivity index (χ0n) is 33.4. The number of likely N-dealkylation sites (N-methyl/N-ethyl adjacent to an activating group) is 1. The molecule has 1 amide bonds. The van der Waals surface area contributed by atoms with Crippen LogP contribution in [0.3, 0.4) is 0 Å². The molecule has 3 N–H and O–H groups in total. The number of unbranched alkanes of at least 4 members (excludes halogenated alkanes) is 22. The highest BCUT2D eigenvalue weighted by Crippen LogP contribution is 2.43. The minimum Gasteiger partial charge on any atom is -0.387 e. The Morgan fingerprint density at radius 1 is 0.660 bits per heavy atom. The number of aliphatic hydroxyl groups excluding tert-OH is 1. The van der Waals surface area contributed by atoms with E-state index in [1.807, 2.05) is 27.2 Å². The second kappa shape index (κ2) is 33.8. The van der Waals surface area contributed by atoms with E-state index in [0.717, 1.165) is 38.5 Å². The first-order valence-corrected chi connectivity index (χ1v) is 22.2. The third-order valence-corrected chi connectivity index (χ3v) is 10.1. The number of nitrogens with zero attached hydrogens (tertiary/aromatic N) is 1. The molecule has 0 aromatic rings. The first-order valence-electron chi connectivity index (χ1n) is 20.7. The van der Waals surface area contributed by atoms with Gasteiger partial charge >= 0.3 is 7.82 Å². The fourth-order valence-electron chi connectivity index (χ4n) is 5.80. The quantitative estimate of drug-likeness (QED) is 0.0254. The number of rotatable bonds is 37. The number of hydrogen-bond acceptors (Lipinski definition) is 5. The van der Waals surface area contributed by atoms with Gasteiger partial charge in [-0.1, -0.05) is 154 Å². The van der Waals surface area contributed by atoms with Gasteiger partial charge in [0.05, 0.1) is 39.9 Å². The fourth-order valence-corrected chi connectivity index (χ4v) is 6.53. The van der Waals surface area contributed by atoms with Gasteiger partial charge in [-0.05, 0) is 44.9 Å². The predicted molar refractivity (Wildman–Crippen MR) is 212 cm³/mol. The van der Waals surface area contributed by atoms with Gasteiger partial charge in [-0.25, -0.2) is 4.57 Å². The summed E-state index contributed by atoms with van der Waals surface area (Å²) in [6.07, 6.45) is 38.1. The molecule has 0 bridgehead atoms. The lowest BCUT2D eigenvalue weighted by atomic mass is 10.1. The van der Waals surface area contributed by atoms with E-state index in [2.05, 4.69) is 31.3 Å². The molecule has 0 aliphatic heterocycles. The van der Waals surface area contributed by atoms with E-state index in [1.54, 1.807) is 6.08 Å². The minimum atomic E-state index is -4.33. The Hall–Kier alpha value is -1.02. The molecule has 0 saturated heterocycles. The number of phosphoric ester groups is 1. The van der Waals surface area contributed by atoms with Crippen LogP contribution in [0.4, 0.5) is 0 Å². The number of quaternary nitrogens is 1. The Bertz CT molecular complexity index is 876. The van der Waals surface area contributed by atoms with Gasteiger partial charge in [-0.3, -0.25) is 13.8 Å². The maximum absolute atomic E-state index is 12.8. The number of allylic oxidation sites excluding steroid dienone is 3. The molecule has 0 rings (SSSR count). The van der Waals surface area contributed by atoms with E-state index in [9.17, 15) is 19.4 Å². The second-order valence-electron chi connectivity index (χ2n) is 15.4. The lowest BCUT2D eigenvalue weighted by molar-refractivity contribution is -0.870. The first kappa shape index (κ1) is 49.0. The van der Waals surface area contributed by atoms with Crippen LogP contribution in [0, 0.1) is 0 Å². The number of phosphoric acid groups is 1. The smallest absolute Gasteiger partial charge is 0.387 e. The van der Waals surface area contributed by atoms with Crippen molar-refractivity contribution in [1.82, 2.24) is 5.32 Å². The van der Waals surface area contributed by atoms with E-state index >= 15 is 0 Å². The van der Waals surface area contributed by atoms with Crippen molar-refractivity contribution in [1.29, 1.82) is 0 Å². The van der Waals surface area contributed by atoms with Crippen LogP contribution in [-0.2, 0) is 18.4 Å². The number of carbonyl (C=O) groups is 1. The van der Waals surface area contributed by atoms with Crippen molar-refractivity contribution in [3.63, 3.8) is 0 Å². The van der Waals surface area contributed by atoms with E-state index in [0.29, 0.717) is 17.4 Å². The summed E-state index contributed by atoms with van der Waals surface area (Å²) in [5, 5.41) is 13.8. The number of nitrogens with one attached hydrogen (secondary N) is 1. The molecule has 296 valence electrons. The summed E-state index contributed by atoms with van der Waals surface area (Å²) in [5.74, 6) is -0.184. The van der Waals surface area contributed by atoms with Crippen LogP contribution in [0.2, 0.25) is 0 Å². The average Bonchev–Trinajstić information content (AvgIpc) is 3.06. The highest BCUT2D eigenvalue weighted by molar-refractivity contribution is 7.47. The van der Waals surface area contributed by atoms with E-state index < -0.39 is 20.0 Å². The molecular weight excluding hydrogens is 647 g/mol. The van der Waals surface area contributed by atoms with Gasteiger partial charge in [0.1, 0.15) is 13.2 Å². The van der Waals surface area contributed by atoms with Crippen LogP contribution < -0.4 is 5.32 Å². The van der Waals surface area contributed by atoms with Crippen molar-refractivity contribution in [3.05, 3.63) is 24.3 Å². The van der Waals surface area contributed by atoms with Crippen LogP contribution in [-0.4, -0.2) is 73.4 Å². The van der Waals surface area contributed by atoms with Crippen LogP contribution in [0.25, 0.3) is 0 Å². The highest BCUT2D eigenvalue weighted by Gasteiger charge is 2.27. The standard InChI is InChI=1S/C41H81N2O6P/c1-6-8-10-12-14-16-18-19-20-21-22-23-25-27-29-31-33-35-41(45)42-39(38-49-50(46,47)48-37-36-43(3,4)5)40(44)34-32-30-28-26-24-17-15-13-11-9-7-2/h19-20,32,34,39-40,44H,6-18,21-31,33,35-38H2,1-5H3,(H-,42,45,46,47)/p+1/b20-19-,34-32+. The predicted octanol–water partition coefficient (Wildman–Crippen LogP) is 11.0. The van der Waals surface area contributed by atoms with Gasteiger partial charge < -0.3 is 19.8 Å². The maximum Gasteiger partial charge on any atom is 0.472 e. The third-order valence-electron chi connectivity index (χ3n) is 9.17. The van der Waals surface area contributed by atoms with Crippen molar-refractivity contribution >= 4 is 13.7 Å². The summed E-state index contributed by atoms with van der Waals surface area (Å²) < 4.78 is 23.5. The SMILES string of the molecule is CCCCCCCC/C=C\CCCCCCCCCC(=O)NC(COP(=O)(O)OCC[N+](C)(C)C)C(O)/C=C/CCCCCCCCCCC. The van der Waals surface area contributed by atoms with E-state index in [-0.39, 0.29) is 19.1 Å². The first-order chi connectivity index (χ1) is 24.0. The minimum absolute atomic E-state index is 0.0614. The molecule has 0 aromatic carbocycles. The zero-order chi connectivity index (χ0) is 37.2. The van der Waals surface area contributed by atoms with Crippen molar-refractivity contribution < 1.29 is 32.9 Å². The largest absolute Gasteiger partial charge is 0.472 e. The van der Waals surface area contributed by atoms with Crippen LogP contribution in [0.1, 0.15) is 181 Å². The van der Waals surface area contributed by atoms with E-state index in [1.165, 1.54) is 122 Å². The number of hydrogen-bond donors (Lipinski definition) is 3. The van der Waals surface area contributed by atoms with Crippen molar-refractivity contribution in [3.8, 4) is 0 Å². The molecule has 0 aliphatic rings. The Morgan fingerprint density at radius 3 is 1.54 bits per heavy atom. The molecule has 0 aromatic heterocycles. The van der Waals surface area contributed by atoms with E-state index in [4.69, 9.17) is 9.05 Å². The molecule has 3 unspecified atom stereocenters. The molecule has 0 radical (unpaired) electrons. The average molecular weight is 730 g/mol. The highest BCUT2D eigenvalue weighted by atomic mass is 31.2. The van der Waals surface area contributed by atoms with Crippen LogP contribution >= 0.6 is 7.82 Å². The molecule has 3 atom stereocenters. The Balaban J connectivity index is 4.43. The summed E-state index contributed by atoms with van der Waals surface area (Å²) in [5.41, 5.74) is 0. The van der Waals surface area contributed by atoms with Gasteiger partial charge in [-0.2, -0.15) is 0 Å². The van der Waals surface area contributed by atoms with Gasteiger partial charge in [0.25, 0.3) is 0 Å². The lowest BCUT2D eigenvalue weighted by Crippen LogP contribution is -2.45. The summed E-state index contributed by atoms with van der Waals surface area (Å²) in [4.78, 5) is 23.0. The van der Waals surface area contributed by atoms with Crippen LogP contribution in [0.15, 0.2) is 24.3 Å².